The summed E-state index contributed by atoms with van der Waals surface area (Å²) in [6.07, 6.45) is 3.99. The van der Waals surface area contributed by atoms with Gasteiger partial charge >= 0.3 is 0 Å². The summed E-state index contributed by atoms with van der Waals surface area (Å²) in [7, 11) is 1.97. The molecule has 0 bridgehead atoms. The molecule has 104 valence electrons. The molecule has 4 heteroatoms. The Kier molecular flexibility index (Phi) is 3.28. The van der Waals surface area contributed by atoms with Gasteiger partial charge in [0, 0.05) is 11.8 Å². The van der Waals surface area contributed by atoms with E-state index in [0.717, 1.165) is 22.5 Å². The molecule has 2 heterocycles. The lowest BCUT2D eigenvalue weighted by Gasteiger charge is -2.04. The lowest BCUT2D eigenvalue weighted by molar-refractivity contribution is -0.671. The normalized spacial score (nSPS) is 10.5. The van der Waals surface area contributed by atoms with Crippen LogP contribution in [-0.2, 0) is 7.05 Å². The molecule has 0 saturated heterocycles. The van der Waals surface area contributed by atoms with E-state index < -0.39 is 5.97 Å². The van der Waals surface area contributed by atoms with Gasteiger partial charge in [-0.2, -0.15) is 0 Å². The Hall–Kier alpha value is -2.88. The van der Waals surface area contributed by atoms with Crippen LogP contribution < -0.4 is 9.67 Å². The Morgan fingerprint density at radius 3 is 2.48 bits per heavy atom. The number of aryl methyl sites for hydroxylation is 1. The quantitative estimate of drug-likeness (QED) is 0.739. The zero-order chi connectivity index (χ0) is 14.8. The highest BCUT2D eigenvalue weighted by atomic mass is 16.4. The van der Waals surface area contributed by atoms with Crippen molar-refractivity contribution in [2.24, 2.45) is 7.05 Å². The number of carbonyl (C=O) groups is 1. The van der Waals surface area contributed by atoms with Crippen LogP contribution in [-0.4, -0.2) is 11.0 Å². The summed E-state index contributed by atoms with van der Waals surface area (Å²) < 4.78 is 1.98. The van der Waals surface area contributed by atoms with E-state index >= 15 is 0 Å². The number of nitrogens with one attached hydrogen (secondary N) is 1. The SMILES string of the molecule is C[n+]1cccc(-c2ccc(-c3cccc(C(=O)[O-])c3)[nH]2)c1. The number of carboxylic acids is 1. The molecule has 0 aliphatic carbocycles. The molecule has 0 aliphatic rings. The molecule has 21 heavy (non-hydrogen) atoms. The minimum absolute atomic E-state index is 0.176. The van der Waals surface area contributed by atoms with Gasteiger partial charge in [0.15, 0.2) is 12.4 Å². The van der Waals surface area contributed by atoms with E-state index in [1.165, 1.54) is 6.07 Å². The number of aromatic nitrogens is 2. The van der Waals surface area contributed by atoms with Crippen LogP contribution in [0.1, 0.15) is 10.4 Å². The average Bonchev–Trinajstić information content (AvgIpc) is 2.97. The minimum Gasteiger partial charge on any atom is -0.545 e. The van der Waals surface area contributed by atoms with E-state index in [1.54, 1.807) is 12.1 Å². The first-order valence-corrected chi connectivity index (χ1v) is 6.60. The molecule has 0 atom stereocenters. The summed E-state index contributed by atoms with van der Waals surface area (Å²) in [4.78, 5) is 14.2. The minimum atomic E-state index is -1.17. The molecule has 0 radical (unpaired) electrons. The number of nitrogens with zero attached hydrogens (tertiary/aromatic N) is 1. The van der Waals surface area contributed by atoms with Crippen molar-refractivity contribution in [1.82, 2.24) is 4.98 Å². The standard InChI is InChI=1S/C17H14N2O2/c1-19-9-3-6-14(11-19)16-8-7-15(18-16)12-4-2-5-13(10-12)17(20)21/h2-11,18H,1H3. The molecule has 0 amide bonds. The van der Waals surface area contributed by atoms with Crippen molar-refractivity contribution < 1.29 is 14.5 Å². The second-order valence-electron chi connectivity index (χ2n) is 4.91. The molecule has 3 rings (SSSR count). The number of pyridine rings is 1. The van der Waals surface area contributed by atoms with E-state index in [4.69, 9.17) is 0 Å². The maximum absolute atomic E-state index is 10.9. The van der Waals surface area contributed by atoms with Gasteiger partial charge in [0.2, 0.25) is 0 Å². The second kappa shape index (κ2) is 5.25. The molecule has 0 fully saturated rings. The molecule has 0 saturated carbocycles. The van der Waals surface area contributed by atoms with Crippen molar-refractivity contribution in [2.75, 3.05) is 0 Å². The molecule has 4 nitrogen and oxygen atoms in total. The summed E-state index contributed by atoms with van der Waals surface area (Å²) in [5.74, 6) is -1.17. The highest BCUT2D eigenvalue weighted by Gasteiger charge is 2.07. The van der Waals surface area contributed by atoms with Crippen LogP contribution in [0, 0.1) is 0 Å². The Balaban J connectivity index is 1.98. The van der Waals surface area contributed by atoms with Crippen LogP contribution in [0.2, 0.25) is 0 Å². The van der Waals surface area contributed by atoms with E-state index in [1.807, 2.05) is 54.3 Å². The number of aromatic amines is 1. The van der Waals surface area contributed by atoms with Crippen molar-refractivity contribution in [2.45, 2.75) is 0 Å². The van der Waals surface area contributed by atoms with Gasteiger partial charge in [-0.1, -0.05) is 18.2 Å². The summed E-state index contributed by atoms with van der Waals surface area (Å²) in [6, 6.07) is 14.6. The molecule has 0 unspecified atom stereocenters. The van der Waals surface area contributed by atoms with E-state index in [2.05, 4.69) is 4.98 Å². The first kappa shape index (κ1) is 13.1. The van der Waals surface area contributed by atoms with Gasteiger partial charge in [0.1, 0.15) is 7.05 Å². The highest BCUT2D eigenvalue weighted by Crippen LogP contribution is 2.24. The van der Waals surface area contributed by atoms with Crippen molar-refractivity contribution in [3.8, 4) is 22.5 Å². The maximum Gasteiger partial charge on any atom is 0.177 e. The van der Waals surface area contributed by atoms with E-state index in [-0.39, 0.29) is 5.56 Å². The monoisotopic (exact) mass is 278 g/mol. The van der Waals surface area contributed by atoms with E-state index in [0.29, 0.717) is 0 Å². The van der Waals surface area contributed by atoms with Crippen LogP contribution in [0.3, 0.4) is 0 Å². The average molecular weight is 278 g/mol. The van der Waals surface area contributed by atoms with Crippen LogP contribution >= 0.6 is 0 Å². The van der Waals surface area contributed by atoms with Crippen LogP contribution in [0.4, 0.5) is 0 Å². The summed E-state index contributed by atoms with van der Waals surface area (Å²) in [6.45, 7) is 0. The van der Waals surface area contributed by atoms with Gasteiger partial charge in [-0.3, -0.25) is 0 Å². The molecule has 0 spiro atoms. The fourth-order valence-electron chi connectivity index (χ4n) is 2.29. The summed E-state index contributed by atoms with van der Waals surface area (Å²) in [5.41, 5.74) is 3.93. The first-order valence-electron chi connectivity index (χ1n) is 6.60. The largest absolute Gasteiger partial charge is 0.545 e. The zero-order valence-corrected chi connectivity index (χ0v) is 11.5. The molecular weight excluding hydrogens is 264 g/mol. The number of carbonyl (C=O) groups excluding carboxylic acids is 1. The van der Waals surface area contributed by atoms with Crippen molar-refractivity contribution in [3.63, 3.8) is 0 Å². The number of carboxylic acid groups (broad SMARTS) is 1. The zero-order valence-electron chi connectivity index (χ0n) is 11.5. The van der Waals surface area contributed by atoms with Crippen molar-refractivity contribution in [1.29, 1.82) is 0 Å². The van der Waals surface area contributed by atoms with Crippen LogP contribution in [0.5, 0.6) is 0 Å². The van der Waals surface area contributed by atoms with Gasteiger partial charge in [-0.05, 0) is 35.4 Å². The number of hydrogen-bond donors (Lipinski definition) is 1. The third-order valence-electron chi connectivity index (χ3n) is 3.35. The predicted octanol–water partition coefficient (Wildman–Crippen LogP) is 1.54. The molecule has 2 aromatic heterocycles. The lowest BCUT2D eigenvalue weighted by Crippen LogP contribution is -2.26. The maximum atomic E-state index is 10.9. The molecular formula is C17H14N2O2. The smallest absolute Gasteiger partial charge is 0.177 e. The molecule has 0 aliphatic heterocycles. The fraction of sp³-hybridized carbons (Fsp3) is 0.0588. The summed E-state index contributed by atoms with van der Waals surface area (Å²) >= 11 is 0. The summed E-state index contributed by atoms with van der Waals surface area (Å²) in [5, 5.41) is 10.9. The van der Waals surface area contributed by atoms with Gasteiger partial charge in [-0.25, -0.2) is 4.57 Å². The number of aromatic carboxylic acids is 1. The van der Waals surface area contributed by atoms with Gasteiger partial charge < -0.3 is 14.9 Å². The van der Waals surface area contributed by atoms with Crippen LogP contribution in [0.15, 0.2) is 60.9 Å². The lowest BCUT2D eigenvalue weighted by atomic mass is 10.1. The number of benzene rings is 1. The Morgan fingerprint density at radius 1 is 1.05 bits per heavy atom. The Bertz CT molecular complexity index is 806. The van der Waals surface area contributed by atoms with Crippen LogP contribution in [0.25, 0.3) is 22.5 Å². The van der Waals surface area contributed by atoms with Crippen molar-refractivity contribution in [3.05, 3.63) is 66.5 Å². The predicted molar refractivity (Wildman–Crippen MR) is 77.2 cm³/mol. The highest BCUT2D eigenvalue weighted by molar-refractivity contribution is 5.87. The van der Waals surface area contributed by atoms with Gasteiger partial charge in [0.25, 0.3) is 0 Å². The Labute approximate surface area is 122 Å². The second-order valence-corrected chi connectivity index (χ2v) is 4.91. The molecule has 1 N–H and O–H groups in total. The van der Waals surface area contributed by atoms with Crippen molar-refractivity contribution >= 4 is 5.97 Å². The van der Waals surface area contributed by atoms with Gasteiger partial charge in [-0.15, -0.1) is 0 Å². The molecule has 3 aromatic rings. The topological polar surface area (TPSA) is 59.8 Å². The fourth-order valence-corrected chi connectivity index (χ4v) is 2.29. The third kappa shape index (κ3) is 2.69. The number of hydrogen-bond acceptors (Lipinski definition) is 2. The van der Waals surface area contributed by atoms with Gasteiger partial charge in [0.05, 0.1) is 17.2 Å². The first-order chi connectivity index (χ1) is 10.1. The Morgan fingerprint density at radius 2 is 1.76 bits per heavy atom. The number of rotatable bonds is 3. The number of H-pyrrole nitrogens is 1. The van der Waals surface area contributed by atoms with E-state index in [9.17, 15) is 9.90 Å². The third-order valence-corrected chi connectivity index (χ3v) is 3.35. The molecule has 1 aromatic carbocycles.